The van der Waals surface area contributed by atoms with E-state index < -0.39 is 12.6 Å². The topological polar surface area (TPSA) is 85.0 Å². The monoisotopic (exact) mass is 610 g/mol. The van der Waals surface area contributed by atoms with Crippen LogP contribution in [0.4, 0.5) is 24.9 Å². The third-order valence-electron chi connectivity index (χ3n) is 8.93. The number of nitrogens with zero attached hydrogens (tertiary/aromatic N) is 6. The van der Waals surface area contributed by atoms with E-state index in [-0.39, 0.29) is 18.9 Å². The van der Waals surface area contributed by atoms with Crippen molar-refractivity contribution in [3.05, 3.63) is 46.0 Å². The van der Waals surface area contributed by atoms with Crippen LogP contribution in [0.25, 0.3) is 21.1 Å². The number of hydrogen-bond acceptors (Lipinski definition) is 8. The predicted molar refractivity (Wildman–Crippen MR) is 166 cm³/mol. The number of aromatic nitrogens is 3. The van der Waals surface area contributed by atoms with Gasteiger partial charge in [0.05, 0.1) is 5.39 Å². The third kappa shape index (κ3) is 6.30. The predicted octanol–water partition coefficient (Wildman–Crippen LogP) is 6.14. The third-order valence-corrected chi connectivity index (χ3v) is 9.92. The molecular formula is C31H37F3N8S. The standard InChI is InChI=1S/C31H37F3N8S/c1-20-21(3-4-27-25(20)15-23(18-35)42(27)14-13-40-11-7-31(33,34)8-12-40)19-41-9-5-22(6-10-41)37-28-26-16-24(17-32)43-29(26)39-30(36-2)38-28/h3-4,15-16,22H,5-14,17,19H2,1-2H3,(H2,36,37,38,39). The van der Waals surface area contributed by atoms with Crippen molar-refractivity contribution in [1.29, 1.82) is 5.26 Å². The van der Waals surface area contributed by atoms with E-state index in [0.29, 0.717) is 42.7 Å². The highest BCUT2D eigenvalue weighted by atomic mass is 32.1. The molecule has 43 heavy (non-hydrogen) atoms. The van der Waals surface area contributed by atoms with E-state index in [1.54, 1.807) is 7.05 Å². The van der Waals surface area contributed by atoms with E-state index in [0.717, 1.165) is 59.4 Å². The summed E-state index contributed by atoms with van der Waals surface area (Å²) in [6.07, 6.45) is 1.72. The number of nitriles is 1. The SMILES string of the molecule is CNc1nc(NC2CCN(Cc3ccc4c(cc(C#N)n4CCN4CCC(F)(F)CC4)c3C)CC2)c2cc(CF)sc2n1. The van der Waals surface area contributed by atoms with Gasteiger partial charge in [0, 0.05) is 87.5 Å². The lowest BCUT2D eigenvalue weighted by atomic mass is 10.0. The summed E-state index contributed by atoms with van der Waals surface area (Å²) in [4.78, 5) is 15.1. The molecule has 1 aromatic carbocycles. The Hall–Kier alpha value is -3.40. The van der Waals surface area contributed by atoms with Gasteiger partial charge in [0.1, 0.15) is 29.1 Å². The smallest absolute Gasteiger partial charge is 0.250 e. The second-order valence-electron chi connectivity index (χ2n) is 11.7. The minimum absolute atomic E-state index is 0.0992. The van der Waals surface area contributed by atoms with Crippen molar-refractivity contribution in [2.45, 2.75) is 64.3 Å². The maximum absolute atomic E-state index is 13.6. The Balaban J connectivity index is 1.10. The number of thiophene rings is 1. The van der Waals surface area contributed by atoms with Crippen LogP contribution in [-0.2, 0) is 19.8 Å². The first-order valence-corrected chi connectivity index (χ1v) is 15.7. The Bertz CT molecular complexity index is 1640. The Morgan fingerprint density at radius 1 is 1.05 bits per heavy atom. The van der Waals surface area contributed by atoms with E-state index in [9.17, 15) is 18.4 Å². The summed E-state index contributed by atoms with van der Waals surface area (Å²) in [7, 11) is 1.78. The number of benzene rings is 1. The van der Waals surface area contributed by atoms with Gasteiger partial charge in [-0.05, 0) is 49.1 Å². The molecule has 8 nitrogen and oxygen atoms in total. The van der Waals surface area contributed by atoms with Crippen molar-refractivity contribution >= 4 is 44.2 Å². The molecule has 0 amide bonds. The fourth-order valence-electron chi connectivity index (χ4n) is 6.30. The largest absolute Gasteiger partial charge is 0.367 e. The highest BCUT2D eigenvalue weighted by molar-refractivity contribution is 7.18. The first kappa shape index (κ1) is 29.7. The summed E-state index contributed by atoms with van der Waals surface area (Å²) in [5, 5.41) is 18.4. The molecule has 2 saturated heterocycles. The van der Waals surface area contributed by atoms with Crippen molar-refractivity contribution in [1.82, 2.24) is 24.3 Å². The van der Waals surface area contributed by atoms with E-state index in [2.05, 4.69) is 55.5 Å². The molecule has 12 heteroatoms. The molecule has 2 aliphatic heterocycles. The quantitative estimate of drug-likeness (QED) is 0.235. The first-order chi connectivity index (χ1) is 20.8. The normalized spacial score (nSPS) is 18.3. The number of nitrogens with one attached hydrogen (secondary N) is 2. The Morgan fingerprint density at radius 2 is 1.81 bits per heavy atom. The lowest BCUT2D eigenvalue weighted by Gasteiger charge is -2.33. The van der Waals surface area contributed by atoms with E-state index >= 15 is 0 Å². The summed E-state index contributed by atoms with van der Waals surface area (Å²) in [5.74, 6) is -1.28. The second kappa shape index (κ2) is 12.3. The van der Waals surface area contributed by atoms with Crippen molar-refractivity contribution in [3.8, 4) is 6.07 Å². The van der Waals surface area contributed by atoms with Crippen molar-refractivity contribution in [2.24, 2.45) is 0 Å². The fourth-order valence-corrected chi connectivity index (χ4v) is 7.18. The number of alkyl halides is 3. The van der Waals surface area contributed by atoms with Crippen LogP contribution in [0.5, 0.6) is 0 Å². The van der Waals surface area contributed by atoms with Gasteiger partial charge in [0.15, 0.2) is 0 Å². The van der Waals surface area contributed by atoms with Crippen molar-refractivity contribution in [2.75, 3.05) is 50.4 Å². The summed E-state index contributed by atoms with van der Waals surface area (Å²) in [6.45, 7) is 6.33. The fraction of sp³-hybridized carbons (Fsp3) is 0.516. The molecule has 3 aromatic heterocycles. The average Bonchev–Trinajstić information content (AvgIpc) is 3.60. The van der Waals surface area contributed by atoms with Crippen LogP contribution in [0.3, 0.4) is 0 Å². The van der Waals surface area contributed by atoms with Gasteiger partial charge in [-0.1, -0.05) is 6.07 Å². The van der Waals surface area contributed by atoms with Crippen LogP contribution in [0, 0.1) is 18.3 Å². The number of rotatable bonds is 9. The van der Waals surface area contributed by atoms with Gasteiger partial charge in [0.25, 0.3) is 5.92 Å². The molecule has 0 bridgehead atoms. The van der Waals surface area contributed by atoms with Gasteiger partial charge in [-0.25, -0.2) is 18.2 Å². The van der Waals surface area contributed by atoms with Crippen molar-refractivity contribution < 1.29 is 13.2 Å². The number of fused-ring (bicyclic) bond motifs is 2. The van der Waals surface area contributed by atoms with E-state index in [4.69, 9.17) is 0 Å². The molecule has 228 valence electrons. The second-order valence-corrected chi connectivity index (χ2v) is 12.8. The van der Waals surface area contributed by atoms with E-state index in [1.165, 1.54) is 22.5 Å². The molecule has 0 unspecified atom stereocenters. The lowest BCUT2D eigenvalue weighted by Crippen LogP contribution is -2.40. The van der Waals surface area contributed by atoms with Gasteiger partial charge < -0.3 is 20.1 Å². The molecule has 2 N–H and O–H groups in total. The molecule has 0 spiro atoms. The lowest BCUT2D eigenvalue weighted by molar-refractivity contribution is -0.0554. The van der Waals surface area contributed by atoms with Crippen LogP contribution in [0.15, 0.2) is 24.3 Å². The zero-order chi connectivity index (χ0) is 30.1. The molecule has 0 saturated carbocycles. The van der Waals surface area contributed by atoms with Crippen LogP contribution in [-0.4, -0.2) is 76.1 Å². The van der Waals surface area contributed by atoms with Gasteiger partial charge >= 0.3 is 0 Å². The molecule has 6 rings (SSSR count). The van der Waals surface area contributed by atoms with E-state index in [1.807, 2.05) is 16.7 Å². The number of aryl methyl sites for hydroxylation is 1. The maximum Gasteiger partial charge on any atom is 0.250 e. The van der Waals surface area contributed by atoms with Gasteiger partial charge in [0.2, 0.25) is 5.95 Å². The average molecular weight is 611 g/mol. The molecule has 0 radical (unpaired) electrons. The van der Waals surface area contributed by atoms with Crippen LogP contribution in [0.1, 0.15) is 47.4 Å². The highest BCUT2D eigenvalue weighted by Gasteiger charge is 2.33. The molecule has 4 aromatic rings. The summed E-state index contributed by atoms with van der Waals surface area (Å²) >= 11 is 1.36. The first-order valence-electron chi connectivity index (χ1n) is 14.9. The molecular weight excluding hydrogens is 573 g/mol. The Kier molecular flexibility index (Phi) is 8.49. The zero-order valence-corrected chi connectivity index (χ0v) is 25.4. The zero-order valence-electron chi connectivity index (χ0n) is 24.6. The Morgan fingerprint density at radius 3 is 2.51 bits per heavy atom. The number of piperidine rings is 2. The van der Waals surface area contributed by atoms with Gasteiger partial charge in [-0.3, -0.25) is 4.90 Å². The molecule has 0 aliphatic carbocycles. The van der Waals surface area contributed by atoms with Crippen molar-refractivity contribution in [3.63, 3.8) is 0 Å². The number of anilines is 2. The van der Waals surface area contributed by atoms with Gasteiger partial charge in [-0.2, -0.15) is 10.2 Å². The van der Waals surface area contributed by atoms with Crippen LogP contribution in [0.2, 0.25) is 0 Å². The highest BCUT2D eigenvalue weighted by Crippen LogP contribution is 2.33. The summed E-state index contributed by atoms with van der Waals surface area (Å²) < 4.78 is 42.5. The molecule has 2 fully saturated rings. The Labute approximate surface area is 253 Å². The van der Waals surface area contributed by atoms with Crippen LogP contribution < -0.4 is 10.6 Å². The summed E-state index contributed by atoms with van der Waals surface area (Å²) in [5.41, 5.74) is 4.04. The molecule has 2 aliphatic rings. The number of halogens is 3. The van der Waals surface area contributed by atoms with Crippen LogP contribution >= 0.6 is 11.3 Å². The maximum atomic E-state index is 13.6. The molecule has 0 atom stereocenters. The van der Waals surface area contributed by atoms with Gasteiger partial charge in [-0.15, -0.1) is 11.3 Å². The molecule has 5 heterocycles. The minimum atomic E-state index is -2.56. The summed E-state index contributed by atoms with van der Waals surface area (Å²) in [6, 6.07) is 10.7. The minimum Gasteiger partial charge on any atom is -0.367 e. The number of likely N-dealkylation sites (tertiary alicyclic amines) is 2. The number of hydrogen-bond donors (Lipinski definition) is 2.